The number of aryl methyl sites for hydroxylation is 1. The van der Waals surface area contributed by atoms with Crippen LogP contribution in [0.1, 0.15) is 34.3 Å². The predicted molar refractivity (Wildman–Crippen MR) is 88.3 cm³/mol. The molecule has 1 unspecified atom stereocenters. The number of rotatable bonds is 4. The molecule has 0 saturated carbocycles. The van der Waals surface area contributed by atoms with E-state index in [4.69, 9.17) is 16.6 Å². The summed E-state index contributed by atoms with van der Waals surface area (Å²) in [4.78, 5) is 9.74. The number of thiazole rings is 1. The summed E-state index contributed by atoms with van der Waals surface area (Å²) in [6, 6.07) is 4.53. The standard InChI is InChI=1S/C14H18ClN3S2/c1-16-10-4-3-5-11-13(10)20-14(17-11)18(2)8-9-6-7-12(15)19-9/h6-7,10,16H,3-5,8H2,1-2H3. The molecule has 20 heavy (non-hydrogen) atoms. The van der Waals surface area contributed by atoms with Gasteiger partial charge in [0.05, 0.1) is 16.6 Å². The lowest BCUT2D eigenvalue weighted by molar-refractivity contribution is 0.501. The Morgan fingerprint density at radius 3 is 3.00 bits per heavy atom. The maximum atomic E-state index is 5.99. The van der Waals surface area contributed by atoms with Gasteiger partial charge in [-0.2, -0.15) is 0 Å². The van der Waals surface area contributed by atoms with Gasteiger partial charge in [0, 0.05) is 22.8 Å². The Kier molecular flexibility index (Phi) is 4.31. The number of nitrogens with one attached hydrogen (secondary N) is 1. The minimum absolute atomic E-state index is 0.481. The Hall–Kier alpha value is -0.620. The van der Waals surface area contributed by atoms with Gasteiger partial charge in [-0.15, -0.1) is 11.3 Å². The Labute approximate surface area is 132 Å². The third-order valence-electron chi connectivity index (χ3n) is 3.64. The lowest BCUT2D eigenvalue weighted by Crippen LogP contribution is -2.19. The van der Waals surface area contributed by atoms with Crippen LogP contribution in [0.2, 0.25) is 4.34 Å². The molecule has 0 radical (unpaired) electrons. The highest BCUT2D eigenvalue weighted by Gasteiger charge is 2.24. The van der Waals surface area contributed by atoms with Gasteiger partial charge in [0.25, 0.3) is 0 Å². The molecule has 0 fully saturated rings. The van der Waals surface area contributed by atoms with Crippen molar-refractivity contribution in [1.82, 2.24) is 10.3 Å². The van der Waals surface area contributed by atoms with E-state index in [1.807, 2.05) is 24.5 Å². The molecule has 3 rings (SSSR count). The molecule has 0 amide bonds. The van der Waals surface area contributed by atoms with E-state index < -0.39 is 0 Å². The van der Waals surface area contributed by atoms with Crippen molar-refractivity contribution < 1.29 is 0 Å². The van der Waals surface area contributed by atoms with Crippen LogP contribution in [0.5, 0.6) is 0 Å². The predicted octanol–water partition coefficient (Wildman–Crippen LogP) is 4.09. The Balaban J connectivity index is 1.78. The molecule has 108 valence electrons. The van der Waals surface area contributed by atoms with Gasteiger partial charge in [0.15, 0.2) is 5.13 Å². The third kappa shape index (κ3) is 2.86. The van der Waals surface area contributed by atoms with Crippen molar-refractivity contribution >= 4 is 39.4 Å². The molecule has 0 bridgehead atoms. The summed E-state index contributed by atoms with van der Waals surface area (Å²) in [6.45, 7) is 0.869. The van der Waals surface area contributed by atoms with Gasteiger partial charge in [-0.1, -0.05) is 22.9 Å². The quantitative estimate of drug-likeness (QED) is 0.916. The van der Waals surface area contributed by atoms with Crippen molar-refractivity contribution in [2.75, 3.05) is 19.0 Å². The summed E-state index contributed by atoms with van der Waals surface area (Å²) in [5.41, 5.74) is 1.28. The summed E-state index contributed by atoms with van der Waals surface area (Å²) in [7, 11) is 4.14. The molecule has 0 saturated heterocycles. The molecule has 0 spiro atoms. The lowest BCUT2D eigenvalue weighted by atomic mass is 9.98. The van der Waals surface area contributed by atoms with Gasteiger partial charge in [-0.05, 0) is 38.4 Å². The molecule has 1 aliphatic carbocycles. The maximum absolute atomic E-state index is 5.99. The van der Waals surface area contributed by atoms with Crippen LogP contribution >= 0.6 is 34.3 Å². The van der Waals surface area contributed by atoms with Gasteiger partial charge < -0.3 is 10.2 Å². The van der Waals surface area contributed by atoms with Gasteiger partial charge in [-0.3, -0.25) is 0 Å². The van der Waals surface area contributed by atoms with Crippen LogP contribution in [0.3, 0.4) is 0 Å². The Morgan fingerprint density at radius 2 is 2.30 bits per heavy atom. The maximum Gasteiger partial charge on any atom is 0.185 e. The first-order chi connectivity index (χ1) is 9.67. The fourth-order valence-electron chi connectivity index (χ4n) is 2.58. The number of thiophene rings is 1. The molecule has 0 aliphatic heterocycles. The van der Waals surface area contributed by atoms with Crippen LogP contribution in [-0.4, -0.2) is 19.1 Å². The normalized spacial score (nSPS) is 18.1. The van der Waals surface area contributed by atoms with E-state index in [2.05, 4.69) is 23.3 Å². The summed E-state index contributed by atoms with van der Waals surface area (Å²) < 4.78 is 0.849. The topological polar surface area (TPSA) is 28.2 Å². The van der Waals surface area contributed by atoms with E-state index in [-0.39, 0.29) is 0 Å². The molecule has 2 aromatic rings. The number of nitrogens with zero attached hydrogens (tertiary/aromatic N) is 2. The van der Waals surface area contributed by atoms with Crippen molar-refractivity contribution in [2.45, 2.75) is 31.8 Å². The van der Waals surface area contributed by atoms with E-state index in [0.29, 0.717) is 6.04 Å². The van der Waals surface area contributed by atoms with Gasteiger partial charge in [0.2, 0.25) is 0 Å². The Morgan fingerprint density at radius 1 is 1.45 bits per heavy atom. The average molecular weight is 328 g/mol. The number of halogens is 1. The highest BCUT2D eigenvalue weighted by Crippen LogP contribution is 2.37. The number of hydrogen-bond donors (Lipinski definition) is 1. The first-order valence-corrected chi connectivity index (χ1v) is 8.80. The first-order valence-electron chi connectivity index (χ1n) is 6.79. The Bertz CT molecular complexity index is 593. The van der Waals surface area contributed by atoms with Crippen LogP contribution in [0.4, 0.5) is 5.13 Å². The number of aromatic nitrogens is 1. The number of fused-ring (bicyclic) bond motifs is 1. The van der Waals surface area contributed by atoms with Crippen LogP contribution in [0, 0.1) is 0 Å². The zero-order valence-electron chi connectivity index (χ0n) is 11.6. The monoisotopic (exact) mass is 327 g/mol. The zero-order valence-corrected chi connectivity index (χ0v) is 14.0. The number of anilines is 1. The summed E-state index contributed by atoms with van der Waals surface area (Å²) in [6.07, 6.45) is 3.56. The minimum atomic E-state index is 0.481. The summed E-state index contributed by atoms with van der Waals surface area (Å²) in [5.74, 6) is 0. The molecule has 6 heteroatoms. The molecular formula is C14H18ClN3S2. The van der Waals surface area contributed by atoms with Crippen molar-refractivity contribution in [1.29, 1.82) is 0 Å². The van der Waals surface area contributed by atoms with Gasteiger partial charge in [0.1, 0.15) is 0 Å². The average Bonchev–Trinajstić information content (AvgIpc) is 3.04. The van der Waals surface area contributed by atoms with E-state index >= 15 is 0 Å². The minimum Gasteiger partial charge on any atom is -0.346 e. The lowest BCUT2D eigenvalue weighted by Gasteiger charge is -2.19. The van der Waals surface area contributed by atoms with E-state index in [0.717, 1.165) is 22.4 Å². The fourth-order valence-corrected chi connectivity index (χ4v) is 4.94. The van der Waals surface area contributed by atoms with Gasteiger partial charge >= 0.3 is 0 Å². The summed E-state index contributed by atoms with van der Waals surface area (Å²) >= 11 is 9.45. The van der Waals surface area contributed by atoms with Crippen molar-refractivity contribution in [3.05, 3.63) is 31.9 Å². The van der Waals surface area contributed by atoms with Crippen LogP contribution in [-0.2, 0) is 13.0 Å². The molecule has 1 aliphatic rings. The van der Waals surface area contributed by atoms with Crippen LogP contribution < -0.4 is 10.2 Å². The van der Waals surface area contributed by atoms with Crippen molar-refractivity contribution in [2.24, 2.45) is 0 Å². The van der Waals surface area contributed by atoms with Crippen LogP contribution in [0.25, 0.3) is 0 Å². The van der Waals surface area contributed by atoms with Crippen LogP contribution in [0.15, 0.2) is 12.1 Å². The van der Waals surface area contributed by atoms with E-state index in [9.17, 15) is 0 Å². The second kappa shape index (κ2) is 6.02. The SMILES string of the molecule is CNC1CCCc2nc(N(C)Cc3ccc(Cl)s3)sc21. The first kappa shape index (κ1) is 14.3. The molecule has 1 N–H and O–H groups in total. The highest BCUT2D eigenvalue weighted by atomic mass is 35.5. The molecular weight excluding hydrogens is 310 g/mol. The molecule has 3 nitrogen and oxygen atoms in total. The molecule has 0 aromatic carbocycles. The fraction of sp³-hybridized carbons (Fsp3) is 0.500. The smallest absolute Gasteiger partial charge is 0.185 e. The van der Waals surface area contributed by atoms with Crippen molar-refractivity contribution in [3.8, 4) is 0 Å². The largest absolute Gasteiger partial charge is 0.346 e. The van der Waals surface area contributed by atoms with Gasteiger partial charge in [-0.25, -0.2) is 4.98 Å². The zero-order chi connectivity index (χ0) is 14.1. The van der Waals surface area contributed by atoms with E-state index in [1.165, 1.54) is 28.3 Å². The molecule has 2 aromatic heterocycles. The molecule has 2 heterocycles. The third-order valence-corrected chi connectivity index (χ3v) is 6.18. The summed E-state index contributed by atoms with van der Waals surface area (Å²) in [5, 5.41) is 4.51. The second-order valence-electron chi connectivity index (χ2n) is 5.10. The number of hydrogen-bond acceptors (Lipinski definition) is 5. The highest BCUT2D eigenvalue weighted by molar-refractivity contribution is 7.16. The van der Waals surface area contributed by atoms with E-state index in [1.54, 1.807) is 11.3 Å². The second-order valence-corrected chi connectivity index (χ2v) is 7.91. The molecule has 1 atom stereocenters. The van der Waals surface area contributed by atoms with Crippen molar-refractivity contribution in [3.63, 3.8) is 0 Å².